The molecule has 1 aliphatic heterocycles. The van der Waals surface area contributed by atoms with Gasteiger partial charge in [0.25, 0.3) is 5.91 Å². The number of ketones is 1. The van der Waals surface area contributed by atoms with Gasteiger partial charge in [0.2, 0.25) is 10.0 Å². The maximum atomic E-state index is 12.8. The molecule has 182 valence electrons. The van der Waals surface area contributed by atoms with Crippen molar-refractivity contribution in [3.8, 4) is 5.75 Å². The third-order valence-corrected chi connectivity index (χ3v) is 7.18. The summed E-state index contributed by atoms with van der Waals surface area (Å²) in [4.78, 5) is 35.8. The highest BCUT2D eigenvalue weighted by Crippen LogP contribution is 2.23. The van der Waals surface area contributed by atoms with Crippen molar-refractivity contribution >= 4 is 33.4 Å². The van der Waals surface area contributed by atoms with Crippen LogP contribution in [0.2, 0.25) is 0 Å². The number of nitrogens with zero attached hydrogens (tertiary/aromatic N) is 1. The number of amides is 1. The normalized spacial score (nSPS) is 14.3. The number of esters is 1. The molecule has 0 aromatic heterocycles. The second-order valence-electron chi connectivity index (χ2n) is 7.79. The molecule has 9 nitrogen and oxygen atoms in total. The molecule has 0 unspecified atom stereocenters. The van der Waals surface area contributed by atoms with E-state index >= 15 is 0 Å². The van der Waals surface area contributed by atoms with E-state index < -0.39 is 35.1 Å². The molecule has 10 heteroatoms. The minimum absolute atomic E-state index is 0.00611. The Morgan fingerprint density at radius 1 is 0.971 bits per heavy atom. The topological polar surface area (TPSA) is 119 Å². The van der Waals surface area contributed by atoms with Crippen LogP contribution in [-0.4, -0.2) is 56.7 Å². The first kappa shape index (κ1) is 25.4. The standard InChI is InChI=1S/C24H28N2O7S/c1-2-22(27)18-9-11-20(12-10-18)32-17-24(29)33-16-23(28)25-19-7-6-8-21(15-19)34(30,31)26-13-4-3-5-14-26/h6-12,15H,2-5,13-14,16-17H2,1H3,(H,25,28). The van der Waals surface area contributed by atoms with Crippen LogP contribution in [0.4, 0.5) is 5.69 Å². The van der Waals surface area contributed by atoms with Crippen molar-refractivity contribution < 1.29 is 32.3 Å². The molecule has 1 saturated heterocycles. The SMILES string of the molecule is CCC(=O)c1ccc(OCC(=O)OCC(=O)Nc2cccc(S(=O)(=O)N3CCCCC3)c2)cc1. The number of anilines is 1. The van der Waals surface area contributed by atoms with Crippen LogP contribution < -0.4 is 10.1 Å². The van der Waals surface area contributed by atoms with Gasteiger partial charge in [0.15, 0.2) is 19.0 Å². The predicted molar refractivity (Wildman–Crippen MR) is 125 cm³/mol. The summed E-state index contributed by atoms with van der Waals surface area (Å²) in [6.07, 6.45) is 3.06. The third kappa shape index (κ3) is 6.88. The van der Waals surface area contributed by atoms with E-state index in [2.05, 4.69) is 5.32 Å². The number of hydrogen-bond acceptors (Lipinski definition) is 7. The molecule has 2 aromatic rings. The number of piperidine rings is 1. The van der Waals surface area contributed by atoms with Gasteiger partial charge in [-0.3, -0.25) is 9.59 Å². The summed E-state index contributed by atoms with van der Waals surface area (Å²) in [5.74, 6) is -0.957. The fraction of sp³-hybridized carbons (Fsp3) is 0.375. The Hall–Kier alpha value is -3.24. The predicted octanol–water partition coefficient (Wildman–Crippen LogP) is 3.01. The number of carbonyl (C=O) groups excluding carboxylic acids is 3. The Balaban J connectivity index is 1.47. The minimum atomic E-state index is -3.63. The first-order valence-electron chi connectivity index (χ1n) is 11.1. The maximum absolute atomic E-state index is 12.8. The van der Waals surface area contributed by atoms with Crippen LogP contribution in [0.1, 0.15) is 43.0 Å². The van der Waals surface area contributed by atoms with E-state index in [0.717, 1.165) is 19.3 Å². The zero-order valence-electron chi connectivity index (χ0n) is 19.0. The van der Waals surface area contributed by atoms with E-state index in [-0.39, 0.29) is 16.4 Å². The van der Waals surface area contributed by atoms with Crippen molar-refractivity contribution in [2.24, 2.45) is 0 Å². The molecule has 1 N–H and O–H groups in total. The number of ether oxygens (including phenoxy) is 2. The molecule has 0 radical (unpaired) electrons. The highest BCUT2D eigenvalue weighted by Gasteiger charge is 2.26. The lowest BCUT2D eigenvalue weighted by atomic mass is 10.1. The van der Waals surface area contributed by atoms with E-state index in [1.807, 2.05) is 0 Å². The minimum Gasteiger partial charge on any atom is -0.482 e. The molecule has 0 saturated carbocycles. The van der Waals surface area contributed by atoms with Crippen LogP contribution in [0, 0.1) is 0 Å². The van der Waals surface area contributed by atoms with Gasteiger partial charge in [0, 0.05) is 30.8 Å². The molecular weight excluding hydrogens is 460 g/mol. The number of nitrogens with one attached hydrogen (secondary N) is 1. The van der Waals surface area contributed by atoms with Gasteiger partial charge in [-0.2, -0.15) is 4.31 Å². The van der Waals surface area contributed by atoms with Crippen LogP contribution >= 0.6 is 0 Å². The molecule has 0 aliphatic carbocycles. The molecule has 2 aromatic carbocycles. The quantitative estimate of drug-likeness (QED) is 0.403. The zero-order chi connectivity index (χ0) is 24.6. The Morgan fingerprint density at radius 2 is 1.68 bits per heavy atom. The van der Waals surface area contributed by atoms with Gasteiger partial charge in [-0.15, -0.1) is 0 Å². The number of carbonyl (C=O) groups is 3. The smallest absolute Gasteiger partial charge is 0.344 e. The molecule has 0 atom stereocenters. The summed E-state index contributed by atoms with van der Waals surface area (Å²) >= 11 is 0. The first-order valence-corrected chi connectivity index (χ1v) is 12.6. The van der Waals surface area contributed by atoms with Gasteiger partial charge in [0.1, 0.15) is 5.75 Å². The molecule has 34 heavy (non-hydrogen) atoms. The second-order valence-corrected chi connectivity index (χ2v) is 9.73. The summed E-state index contributed by atoms with van der Waals surface area (Å²) in [6, 6.07) is 12.4. The molecule has 1 aliphatic rings. The molecule has 0 bridgehead atoms. The molecular formula is C24H28N2O7S. The van der Waals surface area contributed by atoms with Gasteiger partial charge in [0.05, 0.1) is 4.90 Å². The second kappa shape index (κ2) is 11.8. The van der Waals surface area contributed by atoms with Crippen molar-refractivity contribution in [2.45, 2.75) is 37.5 Å². The number of hydrogen-bond donors (Lipinski definition) is 1. The molecule has 1 amide bonds. The maximum Gasteiger partial charge on any atom is 0.344 e. The summed E-state index contributed by atoms with van der Waals surface area (Å²) in [7, 11) is -3.63. The molecule has 0 spiro atoms. The van der Waals surface area contributed by atoms with E-state index in [1.165, 1.54) is 16.4 Å². The highest BCUT2D eigenvalue weighted by molar-refractivity contribution is 7.89. The van der Waals surface area contributed by atoms with Crippen LogP contribution in [0.3, 0.4) is 0 Å². The Labute approximate surface area is 199 Å². The van der Waals surface area contributed by atoms with Gasteiger partial charge in [-0.05, 0) is 55.3 Å². The van der Waals surface area contributed by atoms with Crippen molar-refractivity contribution in [1.82, 2.24) is 4.31 Å². The fourth-order valence-electron chi connectivity index (χ4n) is 3.46. The lowest BCUT2D eigenvalue weighted by molar-refractivity contribution is -0.149. The van der Waals surface area contributed by atoms with Crippen molar-refractivity contribution in [3.05, 3.63) is 54.1 Å². The van der Waals surface area contributed by atoms with Crippen LogP contribution in [-0.2, 0) is 24.3 Å². The van der Waals surface area contributed by atoms with Crippen LogP contribution in [0.25, 0.3) is 0 Å². The molecule has 3 rings (SSSR count). The Kier molecular flexibility index (Phi) is 8.78. The fourth-order valence-corrected chi connectivity index (χ4v) is 5.02. The van der Waals surface area contributed by atoms with Crippen molar-refractivity contribution in [2.75, 3.05) is 31.6 Å². The van der Waals surface area contributed by atoms with Gasteiger partial charge < -0.3 is 14.8 Å². The van der Waals surface area contributed by atoms with E-state index in [1.54, 1.807) is 43.3 Å². The lowest BCUT2D eigenvalue weighted by Gasteiger charge is -2.26. The number of sulfonamides is 1. The average Bonchev–Trinajstić information content (AvgIpc) is 2.86. The number of Topliss-reactive ketones (excluding diaryl/α,β-unsaturated/α-hetero) is 1. The van der Waals surface area contributed by atoms with Gasteiger partial charge in [-0.25, -0.2) is 13.2 Å². The lowest BCUT2D eigenvalue weighted by Crippen LogP contribution is -2.35. The number of benzene rings is 2. The largest absolute Gasteiger partial charge is 0.482 e. The Bertz CT molecular complexity index is 1120. The Morgan fingerprint density at radius 3 is 2.35 bits per heavy atom. The van der Waals surface area contributed by atoms with E-state index in [4.69, 9.17) is 9.47 Å². The van der Waals surface area contributed by atoms with E-state index in [0.29, 0.717) is 30.8 Å². The molecule has 1 fully saturated rings. The van der Waals surface area contributed by atoms with E-state index in [9.17, 15) is 22.8 Å². The monoisotopic (exact) mass is 488 g/mol. The average molecular weight is 489 g/mol. The zero-order valence-corrected chi connectivity index (χ0v) is 19.8. The first-order chi connectivity index (χ1) is 16.3. The van der Waals surface area contributed by atoms with Crippen LogP contribution in [0.5, 0.6) is 5.75 Å². The van der Waals surface area contributed by atoms with Crippen LogP contribution in [0.15, 0.2) is 53.4 Å². The highest BCUT2D eigenvalue weighted by atomic mass is 32.2. The van der Waals surface area contributed by atoms with Crippen molar-refractivity contribution in [1.29, 1.82) is 0 Å². The summed E-state index contributed by atoms with van der Waals surface area (Å²) < 4.78 is 37.3. The number of rotatable bonds is 10. The summed E-state index contributed by atoms with van der Waals surface area (Å²) in [6.45, 7) is 1.79. The summed E-state index contributed by atoms with van der Waals surface area (Å²) in [5, 5.41) is 2.54. The summed E-state index contributed by atoms with van der Waals surface area (Å²) in [5.41, 5.74) is 0.846. The molecule has 1 heterocycles. The van der Waals surface area contributed by atoms with Gasteiger partial charge >= 0.3 is 5.97 Å². The van der Waals surface area contributed by atoms with Gasteiger partial charge in [-0.1, -0.05) is 19.4 Å². The van der Waals surface area contributed by atoms with Crippen molar-refractivity contribution in [3.63, 3.8) is 0 Å². The third-order valence-electron chi connectivity index (χ3n) is 5.29.